The van der Waals surface area contributed by atoms with Crippen molar-refractivity contribution in [3.63, 3.8) is 0 Å². The molecule has 0 aromatic heterocycles. The highest BCUT2D eigenvalue weighted by Crippen LogP contribution is 2.22. The first-order chi connectivity index (χ1) is 15.9. The highest BCUT2D eigenvalue weighted by atomic mass is 16.6. The van der Waals surface area contributed by atoms with Gasteiger partial charge in [0.15, 0.2) is 0 Å². The van der Waals surface area contributed by atoms with E-state index >= 15 is 0 Å². The van der Waals surface area contributed by atoms with Crippen molar-refractivity contribution in [3.8, 4) is 0 Å². The normalized spacial score (nSPS) is 23.6. The number of rotatable bonds is 11. The van der Waals surface area contributed by atoms with Crippen LogP contribution in [0.1, 0.15) is 58.8 Å². The number of hydrogen-bond acceptors (Lipinski definition) is 6. The third-order valence-electron chi connectivity index (χ3n) is 5.84. The Hall–Kier alpha value is -2.71. The first kappa shape index (κ1) is 26.5. The van der Waals surface area contributed by atoms with Crippen LogP contribution in [0.4, 0.5) is 0 Å². The van der Waals surface area contributed by atoms with Crippen molar-refractivity contribution in [2.75, 3.05) is 13.2 Å². The van der Waals surface area contributed by atoms with Gasteiger partial charge in [-0.2, -0.15) is 0 Å². The summed E-state index contributed by atoms with van der Waals surface area (Å²) in [5.41, 5.74) is 2.44. The second-order valence-electron chi connectivity index (χ2n) is 8.36. The Morgan fingerprint density at radius 1 is 1.39 bits per heavy atom. The average molecular weight is 460 g/mol. The third kappa shape index (κ3) is 8.29. The van der Waals surface area contributed by atoms with Gasteiger partial charge in [-0.15, -0.1) is 0 Å². The molecule has 0 bridgehead atoms. The van der Waals surface area contributed by atoms with Gasteiger partial charge in [0.05, 0.1) is 25.2 Å². The van der Waals surface area contributed by atoms with E-state index in [4.69, 9.17) is 4.84 Å². The molecule has 1 aliphatic heterocycles. The first-order valence-electron chi connectivity index (χ1n) is 11.7. The lowest BCUT2D eigenvalue weighted by molar-refractivity contribution is -0.138. The maximum absolute atomic E-state index is 13.0. The summed E-state index contributed by atoms with van der Waals surface area (Å²) in [5, 5.41) is 26.2. The summed E-state index contributed by atoms with van der Waals surface area (Å²) in [6.45, 7) is 7.17. The Balaban J connectivity index is 2.03. The zero-order valence-electron chi connectivity index (χ0n) is 19.7. The predicted octanol–water partition coefficient (Wildman–Crippen LogP) is 2.74. The number of likely N-dealkylation sites (tertiary alicyclic amines) is 1. The summed E-state index contributed by atoms with van der Waals surface area (Å²) in [5.74, 6) is -0.360. The van der Waals surface area contributed by atoms with Crippen LogP contribution >= 0.6 is 0 Å². The van der Waals surface area contributed by atoms with Crippen LogP contribution in [0.2, 0.25) is 0 Å². The van der Waals surface area contributed by atoms with Crippen LogP contribution in [0.5, 0.6) is 0 Å². The van der Waals surface area contributed by atoms with Crippen molar-refractivity contribution >= 4 is 18.5 Å². The molecule has 1 fully saturated rings. The lowest BCUT2D eigenvalue weighted by Crippen LogP contribution is -2.49. The number of carbonyl (C=O) groups excluding carboxylic acids is 2. The number of aliphatic hydroxyl groups is 2. The minimum atomic E-state index is -0.807. The largest absolute Gasteiger partial charge is 0.394 e. The van der Waals surface area contributed by atoms with E-state index in [9.17, 15) is 19.8 Å². The van der Waals surface area contributed by atoms with Gasteiger partial charge in [0, 0.05) is 19.7 Å². The molecule has 33 heavy (non-hydrogen) atoms. The molecule has 0 aromatic rings. The highest BCUT2D eigenvalue weighted by Gasteiger charge is 2.39. The Bertz CT molecular complexity index is 815. The minimum absolute atomic E-state index is 0.0711. The summed E-state index contributed by atoms with van der Waals surface area (Å²) >= 11 is 0. The molecule has 0 spiro atoms. The van der Waals surface area contributed by atoms with Crippen molar-refractivity contribution in [2.24, 2.45) is 5.16 Å². The number of hydrogen-bond donors (Lipinski definition) is 3. The molecule has 0 radical (unpaired) electrons. The number of nitrogens with one attached hydrogen (secondary N) is 1. The van der Waals surface area contributed by atoms with Gasteiger partial charge in [-0.25, -0.2) is 0 Å². The van der Waals surface area contributed by atoms with Gasteiger partial charge >= 0.3 is 0 Å². The fraction of sp³-hybridized carbons (Fsp3) is 0.560. The fourth-order valence-corrected chi connectivity index (χ4v) is 4.11. The van der Waals surface area contributed by atoms with Gasteiger partial charge < -0.3 is 25.3 Å². The van der Waals surface area contributed by atoms with Crippen LogP contribution in [-0.4, -0.2) is 65.0 Å². The van der Waals surface area contributed by atoms with Gasteiger partial charge in [-0.1, -0.05) is 48.9 Å². The molecule has 3 atom stereocenters. The molecule has 2 amide bonds. The molecule has 8 heteroatoms. The van der Waals surface area contributed by atoms with E-state index in [2.05, 4.69) is 42.3 Å². The van der Waals surface area contributed by atoms with E-state index in [-0.39, 0.29) is 37.8 Å². The minimum Gasteiger partial charge on any atom is -0.394 e. The number of carbonyl (C=O) groups is 2. The van der Waals surface area contributed by atoms with Crippen molar-refractivity contribution in [1.82, 2.24) is 10.2 Å². The Morgan fingerprint density at radius 2 is 2.18 bits per heavy atom. The number of oxime groups is 1. The number of aliphatic hydroxyl groups excluding tert-OH is 2. The predicted molar refractivity (Wildman–Crippen MR) is 128 cm³/mol. The van der Waals surface area contributed by atoms with Gasteiger partial charge in [0.2, 0.25) is 11.8 Å². The highest BCUT2D eigenvalue weighted by molar-refractivity contribution is 5.89. The molecule has 182 valence electrons. The lowest BCUT2D eigenvalue weighted by atomic mass is 9.99. The Labute approximate surface area is 196 Å². The van der Waals surface area contributed by atoms with Crippen LogP contribution in [-0.2, 0) is 14.4 Å². The van der Waals surface area contributed by atoms with Gasteiger partial charge in [0.1, 0.15) is 11.8 Å². The van der Waals surface area contributed by atoms with Gasteiger partial charge in [-0.3, -0.25) is 9.59 Å². The molecule has 1 saturated heterocycles. The van der Waals surface area contributed by atoms with Crippen LogP contribution in [0.15, 0.2) is 52.4 Å². The second-order valence-corrected chi connectivity index (χ2v) is 8.36. The zero-order valence-corrected chi connectivity index (χ0v) is 19.7. The van der Waals surface area contributed by atoms with Crippen LogP contribution in [0, 0.1) is 0 Å². The smallest absolute Gasteiger partial charge is 0.243 e. The lowest BCUT2D eigenvalue weighted by Gasteiger charge is -2.26. The summed E-state index contributed by atoms with van der Waals surface area (Å²) in [6.07, 6.45) is 13.4. The Kier molecular flexibility index (Phi) is 11.1. The SMILES string of the molecule is C=NO/C(=C\CC)CC(=O)N1C[C@H](O)CC1C(=O)NC(CO)CC1=CC/C=C(/CC)CC=C1. The molecule has 0 aromatic carbocycles. The quantitative estimate of drug-likeness (QED) is 0.190. The van der Waals surface area contributed by atoms with Crippen molar-refractivity contribution in [3.05, 3.63) is 47.3 Å². The molecule has 1 aliphatic carbocycles. The number of allylic oxidation sites excluding steroid dienone is 6. The summed E-state index contributed by atoms with van der Waals surface area (Å²) in [7, 11) is 0. The summed E-state index contributed by atoms with van der Waals surface area (Å²) in [4.78, 5) is 32.3. The zero-order chi connectivity index (χ0) is 24.2. The van der Waals surface area contributed by atoms with E-state index in [1.807, 2.05) is 13.0 Å². The van der Waals surface area contributed by atoms with E-state index in [1.165, 1.54) is 10.5 Å². The molecule has 3 N–H and O–H groups in total. The van der Waals surface area contributed by atoms with E-state index in [1.54, 1.807) is 6.08 Å². The van der Waals surface area contributed by atoms with E-state index in [0.717, 1.165) is 24.8 Å². The van der Waals surface area contributed by atoms with Crippen LogP contribution in [0.25, 0.3) is 0 Å². The van der Waals surface area contributed by atoms with Crippen LogP contribution in [0.3, 0.4) is 0 Å². The number of nitrogens with zero attached hydrogens (tertiary/aromatic N) is 2. The monoisotopic (exact) mass is 459 g/mol. The summed E-state index contributed by atoms with van der Waals surface area (Å²) < 4.78 is 0. The van der Waals surface area contributed by atoms with E-state index < -0.39 is 18.2 Å². The average Bonchev–Trinajstić information content (AvgIpc) is 3.17. The third-order valence-corrected chi connectivity index (χ3v) is 5.84. The molecule has 8 nitrogen and oxygen atoms in total. The van der Waals surface area contributed by atoms with Gasteiger partial charge in [-0.05, 0) is 43.8 Å². The standard InChI is InChI=1S/C25H37N3O5/c1-4-8-22(33-26-3)15-24(31)28-16-21(30)14-23(28)25(32)27-20(17-29)13-19-11-6-9-18(5-2)10-7-12-19/h6,8,10-12,20-21,23,29-30H,3-5,7,9,13-17H2,1-2H3,(H,27,32)/b11-6?,18-10-,19-12?,22-8-/t20?,21-,23?/m1/s1. The fourth-order valence-electron chi connectivity index (χ4n) is 4.11. The number of amides is 2. The first-order valence-corrected chi connectivity index (χ1v) is 11.7. The maximum atomic E-state index is 13.0. The molecular weight excluding hydrogens is 422 g/mol. The maximum Gasteiger partial charge on any atom is 0.243 e. The van der Waals surface area contributed by atoms with Crippen LogP contribution < -0.4 is 5.32 Å². The molecule has 0 saturated carbocycles. The van der Waals surface area contributed by atoms with E-state index in [0.29, 0.717) is 18.6 Å². The topological polar surface area (TPSA) is 111 Å². The molecule has 1 heterocycles. The molecule has 2 unspecified atom stereocenters. The second kappa shape index (κ2) is 13.7. The Morgan fingerprint density at radius 3 is 2.85 bits per heavy atom. The number of β-amino-alcohol motifs (C(OH)–C–C–N with tert-alkyl or cyclic N) is 1. The molecule has 2 rings (SSSR count). The van der Waals surface area contributed by atoms with Crippen molar-refractivity contribution < 1.29 is 24.6 Å². The molecule has 2 aliphatic rings. The molecular formula is C25H37N3O5. The van der Waals surface area contributed by atoms with Gasteiger partial charge in [0.25, 0.3) is 0 Å². The summed E-state index contributed by atoms with van der Waals surface area (Å²) in [6, 6.07) is -1.29. The van der Waals surface area contributed by atoms with Crippen molar-refractivity contribution in [2.45, 2.75) is 77.0 Å². The van der Waals surface area contributed by atoms with Crippen molar-refractivity contribution in [1.29, 1.82) is 0 Å².